The lowest BCUT2D eigenvalue weighted by Gasteiger charge is -2.14. The van der Waals surface area contributed by atoms with Gasteiger partial charge in [0, 0.05) is 36.2 Å². The summed E-state index contributed by atoms with van der Waals surface area (Å²) in [7, 11) is 0. The van der Waals surface area contributed by atoms with E-state index in [0.717, 1.165) is 38.6 Å². The molecule has 2 N–H and O–H groups in total. The molecule has 0 aliphatic heterocycles. The van der Waals surface area contributed by atoms with Crippen molar-refractivity contribution in [1.82, 2.24) is 9.55 Å². The van der Waals surface area contributed by atoms with Gasteiger partial charge < -0.3 is 15.0 Å². The molecule has 0 atom stereocenters. The summed E-state index contributed by atoms with van der Waals surface area (Å²) in [5.41, 5.74) is 6.44. The average molecular weight is 434 g/mol. The van der Waals surface area contributed by atoms with Gasteiger partial charge in [0.15, 0.2) is 5.78 Å². The fraction of sp³-hybridized carbons (Fsp3) is 0.143. The topological polar surface area (TPSA) is 67.2 Å². The Kier molecular flexibility index (Phi) is 4.70. The standard InChI is InChI=1S/C28H23N3O2/c32-16-8-15-29-28-24-23-25(19-11-4-5-12-20(19)27(23)33)31(17-18-9-2-1-3-10-18)26(24)21-13-6-7-14-22(21)30-28/h1-7,9-14,32H,8,15-17H2,(H,29,30). The normalized spacial score (nSPS) is 12.3. The second kappa shape index (κ2) is 7.87. The number of para-hydroxylation sites is 1. The van der Waals surface area contributed by atoms with Crippen LogP contribution in [0.5, 0.6) is 0 Å². The van der Waals surface area contributed by atoms with Gasteiger partial charge in [-0.15, -0.1) is 0 Å². The number of carbonyl (C=O) groups is 1. The molecule has 5 heteroatoms. The number of rotatable bonds is 6. The lowest BCUT2D eigenvalue weighted by Crippen LogP contribution is -2.07. The number of hydrogen-bond acceptors (Lipinski definition) is 4. The number of fused-ring (bicyclic) bond motifs is 7. The van der Waals surface area contributed by atoms with Gasteiger partial charge in [-0.05, 0) is 18.1 Å². The molecule has 0 amide bonds. The first-order chi connectivity index (χ1) is 16.3. The predicted molar refractivity (Wildman–Crippen MR) is 132 cm³/mol. The number of aliphatic hydroxyl groups excluding tert-OH is 1. The smallest absolute Gasteiger partial charge is 0.196 e. The zero-order chi connectivity index (χ0) is 22.4. The number of pyridine rings is 1. The molecule has 0 unspecified atom stereocenters. The van der Waals surface area contributed by atoms with E-state index in [-0.39, 0.29) is 12.4 Å². The first kappa shape index (κ1) is 19.7. The number of aromatic nitrogens is 2. The summed E-state index contributed by atoms with van der Waals surface area (Å²) in [6, 6.07) is 26.3. The number of benzene rings is 3. The maximum absolute atomic E-state index is 13.7. The summed E-state index contributed by atoms with van der Waals surface area (Å²) in [5, 5.41) is 14.6. The average Bonchev–Trinajstić information content (AvgIpc) is 3.34. The van der Waals surface area contributed by atoms with Crippen LogP contribution < -0.4 is 5.32 Å². The van der Waals surface area contributed by atoms with Crippen LogP contribution >= 0.6 is 0 Å². The number of nitrogens with one attached hydrogen (secondary N) is 1. The number of ketones is 1. The largest absolute Gasteiger partial charge is 0.396 e. The third kappa shape index (κ3) is 3.04. The van der Waals surface area contributed by atoms with E-state index >= 15 is 0 Å². The van der Waals surface area contributed by atoms with Crippen molar-refractivity contribution in [3.63, 3.8) is 0 Å². The fourth-order valence-electron chi connectivity index (χ4n) is 4.94. The molecule has 2 aromatic heterocycles. The third-order valence-electron chi connectivity index (χ3n) is 6.36. The first-order valence-corrected chi connectivity index (χ1v) is 11.3. The van der Waals surface area contributed by atoms with Crippen LogP contribution in [0.15, 0.2) is 78.9 Å². The second-order valence-corrected chi connectivity index (χ2v) is 8.38. The van der Waals surface area contributed by atoms with Crippen molar-refractivity contribution in [2.45, 2.75) is 13.0 Å². The number of hydrogen-bond donors (Lipinski definition) is 2. The molecule has 0 bridgehead atoms. The van der Waals surface area contributed by atoms with Gasteiger partial charge in [-0.3, -0.25) is 4.79 Å². The molecule has 6 rings (SSSR count). The molecule has 1 aliphatic rings. The molecule has 0 saturated carbocycles. The minimum absolute atomic E-state index is 0.0414. The van der Waals surface area contributed by atoms with Crippen LogP contribution in [-0.4, -0.2) is 33.6 Å². The zero-order valence-electron chi connectivity index (χ0n) is 18.1. The van der Waals surface area contributed by atoms with Gasteiger partial charge in [0.1, 0.15) is 5.82 Å². The van der Waals surface area contributed by atoms with E-state index in [1.165, 1.54) is 5.56 Å². The van der Waals surface area contributed by atoms with Crippen molar-refractivity contribution >= 4 is 33.4 Å². The van der Waals surface area contributed by atoms with Crippen LogP contribution in [0.2, 0.25) is 0 Å². The molecule has 0 saturated heterocycles. The van der Waals surface area contributed by atoms with E-state index in [2.05, 4.69) is 28.1 Å². The Labute approximate surface area is 191 Å². The molecule has 0 radical (unpaired) electrons. The summed E-state index contributed by atoms with van der Waals surface area (Å²) < 4.78 is 2.28. The van der Waals surface area contributed by atoms with Gasteiger partial charge in [0.2, 0.25) is 0 Å². The van der Waals surface area contributed by atoms with E-state index < -0.39 is 0 Å². The van der Waals surface area contributed by atoms with Gasteiger partial charge in [-0.1, -0.05) is 72.8 Å². The summed E-state index contributed by atoms with van der Waals surface area (Å²) >= 11 is 0. The maximum Gasteiger partial charge on any atom is 0.196 e. The van der Waals surface area contributed by atoms with Gasteiger partial charge in [-0.25, -0.2) is 4.98 Å². The van der Waals surface area contributed by atoms with E-state index in [4.69, 9.17) is 4.98 Å². The Morgan fingerprint density at radius 2 is 1.61 bits per heavy atom. The zero-order valence-corrected chi connectivity index (χ0v) is 18.1. The highest BCUT2D eigenvalue weighted by Crippen LogP contribution is 2.46. The monoisotopic (exact) mass is 433 g/mol. The molecule has 2 heterocycles. The number of aliphatic hydroxyl groups is 1. The van der Waals surface area contributed by atoms with Crippen molar-refractivity contribution in [2.75, 3.05) is 18.5 Å². The lowest BCUT2D eigenvalue weighted by atomic mass is 10.1. The highest BCUT2D eigenvalue weighted by atomic mass is 16.3. The van der Waals surface area contributed by atoms with Gasteiger partial charge in [0.05, 0.1) is 27.7 Å². The number of carbonyl (C=O) groups excluding carboxylic acids is 1. The first-order valence-electron chi connectivity index (χ1n) is 11.3. The van der Waals surface area contributed by atoms with Crippen LogP contribution in [-0.2, 0) is 6.54 Å². The molecule has 5 aromatic rings. The minimum atomic E-state index is 0.0414. The summed E-state index contributed by atoms with van der Waals surface area (Å²) in [4.78, 5) is 18.6. The van der Waals surface area contributed by atoms with Crippen LogP contribution in [0.25, 0.3) is 33.1 Å². The van der Waals surface area contributed by atoms with Crippen LogP contribution in [0, 0.1) is 0 Å². The number of nitrogens with zero attached hydrogens (tertiary/aromatic N) is 2. The van der Waals surface area contributed by atoms with Crippen molar-refractivity contribution < 1.29 is 9.90 Å². The molecular weight excluding hydrogens is 410 g/mol. The Bertz CT molecular complexity index is 1520. The number of anilines is 1. The Morgan fingerprint density at radius 1 is 0.879 bits per heavy atom. The fourth-order valence-corrected chi connectivity index (χ4v) is 4.94. The Balaban J connectivity index is 1.73. The predicted octanol–water partition coefficient (Wildman–Crippen LogP) is 5.24. The second-order valence-electron chi connectivity index (χ2n) is 8.38. The molecule has 0 fully saturated rings. The van der Waals surface area contributed by atoms with E-state index in [9.17, 15) is 9.90 Å². The van der Waals surface area contributed by atoms with Crippen molar-refractivity contribution in [1.29, 1.82) is 0 Å². The quantitative estimate of drug-likeness (QED) is 0.352. The van der Waals surface area contributed by atoms with Crippen molar-refractivity contribution in [3.05, 3.63) is 95.6 Å². The van der Waals surface area contributed by atoms with Crippen LogP contribution in [0.1, 0.15) is 27.9 Å². The molecule has 5 nitrogen and oxygen atoms in total. The van der Waals surface area contributed by atoms with Crippen molar-refractivity contribution in [3.8, 4) is 11.3 Å². The lowest BCUT2D eigenvalue weighted by molar-refractivity contribution is 0.104. The van der Waals surface area contributed by atoms with Crippen molar-refractivity contribution in [2.24, 2.45) is 0 Å². The Morgan fingerprint density at radius 3 is 2.42 bits per heavy atom. The minimum Gasteiger partial charge on any atom is -0.396 e. The molecule has 3 aromatic carbocycles. The Hall–Kier alpha value is -3.96. The molecular formula is C28H23N3O2. The summed E-state index contributed by atoms with van der Waals surface area (Å²) in [6.45, 7) is 1.33. The highest BCUT2D eigenvalue weighted by molar-refractivity contribution is 6.31. The van der Waals surface area contributed by atoms with E-state index in [1.54, 1.807) is 0 Å². The van der Waals surface area contributed by atoms with E-state index in [1.807, 2.05) is 60.7 Å². The molecule has 33 heavy (non-hydrogen) atoms. The maximum atomic E-state index is 13.7. The molecule has 162 valence electrons. The molecule has 1 aliphatic carbocycles. The van der Waals surface area contributed by atoms with Crippen LogP contribution in [0.3, 0.4) is 0 Å². The third-order valence-corrected chi connectivity index (χ3v) is 6.36. The summed E-state index contributed by atoms with van der Waals surface area (Å²) in [5.74, 6) is 0.737. The molecule has 0 spiro atoms. The van der Waals surface area contributed by atoms with Gasteiger partial charge in [0.25, 0.3) is 0 Å². The van der Waals surface area contributed by atoms with Gasteiger partial charge in [-0.2, -0.15) is 0 Å². The highest BCUT2D eigenvalue weighted by Gasteiger charge is 2.35. The summed E-state index contributed by atoms with van der Waals surface area (Å²) in [6.07, 6.45) is 0.608. The SMILES string of the molecule is O=C1c2ccccc2-c2c1c1c(NCCCO)nc3ccccc3c1n2Cc1ccccc1. The van der Waals surface area contributed by atoms with E-state index in [0.29, 0.717) is 30.9 Å². The van der Waals surface area contributed by atoms with Crippen LogP contribution in [0.4, 0.5) is 5.82 Å². The van der Waals surface area contributed by atoms with Gasteiger partial charge >= 0.3 is 0 Å².